The van der Waals surface area contributed by atoms with E-state index in [1.807, 2.05) is 40.7 Å². The molecule has 13 heavy (non-hydrogen) atoms. The zero-order valence-electron chi connectivity index (χ0n) is 9.10. The Morgan fingerprint density at radius 2 is 1.77 bits per heavy atom. The van der Waals surface area contributed by atoms with Crippen LogP contribution in [-0.2, 0) is 9.53 Å². The molecule has 0 heterocycles. The fraction of sp³-hybridized carbons (Fsp3) is 0.545. The molecule has 2 heteroatoms. The molecule has 74 valence electrons. The molecule has 0 unspecified atom stereocenters. The van der Waals surface area contributed by atoms with E-state index in [1.165, 1.54) is 0 Å². The molecule has 0 N–H and O–H groups in total. The van der Waals surface area contributed by atoms with E-state index in [4.69, 9.17) is 4.74 Å². The Labute approximate surface area is 80.3 Å². The van der Waals surface area contributed by atoms with Crippen molar-refractivity contribution < 1.29 is 9.53 Å². The van der Waals surface area contributed by atoms with Gasteiger partial charge in [-0.1, -0.05) is 11.1 Å². The highest BCUT2D eigenvalue weighted by Gasteiger charge is 2.08. The van der Waals surface area contributed by atoms with Crippen LogP contribution in [-0.4, -0.2) is 12.6 Å². The van der Waals surface area contributed by atoms with E-state index in [2.05, 4.69) is 0 Å². The van der Waals surface area contributed by atoms with Gasteiger partial charge in [-0.05, 0) is 40.7 Å². The predicted octanol–water partition coefficient (Wildman–Crippen LogP) is 2.85. The van der Waals surface area contributed by atoms with Crippen LogP contribution in [0.2, 0.25) is 0 Å². The molecule has 0 aliphatic heterocycles. The first kappa shape index (κ1) is 11.9. The maximum Gasteiger partial charge on any atom is 0.338 e. The highest BCUT2D eigenvalue weighted by molar-refractivity contribution is 5.92. The highest BCUT2D eigenvalue weighted by atomic mass is 16.5. The Morgan fingerprint density at radius 3 is 2.08 bits per heavy atom. The van der Waals surface area contributed by atoms with Crippen molar-refractivity contribution in [2.24, 2.45) is 0 Å². The average molecular weight is 182 g/mol. The minimum atomic E-state index is -0.233. The predicted molar refractivity (Wildman–Crippen MR) is 54.4 cm³/mol. The molecule has 0 radical (unpaired) electrons. The van der Waals surface area contributed by atoms with Crippen molar-refractivity contribution in [3.8, 4) is 0 Å². The van der Waals surface area contributed by atoms with Crippen LogP contribution >= 0.6 is 0 Å². The van der Waals surface area contributed by atoms with E-state index in [1.54, 1.807) is 0 Å². The van der Waals surface area contributed by atoms with Gasteiger partial charge in [0.15, 0.2) is 0 Å². The van der Waals surface area contributed by atoms with Crippen LogP contribution in [0, 0.1) is 0 Å². The maximum atomic E-state index is 11.4. The molecule has 0 fully saturated rings. The topological polar surface area (TPSA) is 26.3 Å². The smallest absolute Gasteiger partial charge is 0.338 e. The van der Waals surface area contributed by atoms with E-state index in [0.717, 1.165) is 11.1 Å². The third kappa shape index (κ3) is 4.51. The number of hydrogen-bond donors (Lipinski definition) is 0. The van der Waals surface area contributed by atoms with Crippen molar-refractivity contribution in [3.05, 3.63) is 22.8 Å². The summed E-state index contributed by atoms with van der Waals surface area (Å²) in [5, 5.41) is 0. The SMILES string of the molecule is CCOC(=O)C(C=C(C)C)=C(C)C. The number of ether oxygens (including phenoxy) is 1. The summed E-state index contributed by atoms with van der Waals surface area (Å²) in [6.07, 6.45) is 1.85. The second kappa shape index (κ2) is 5.57. The van der Waals surface area contributed by atoms with Gasteiger partial charge < -0.3 is 4.74 Å². The molecule has 0 saturated heterocycles. The molecule has 0 atom stereocenters. The van der Waals surface area contributed by atoms with Gasteiger partial charge in [0.25, 0.3) is 0 Å². The van der Waals surface area contributed by atoms with Gasteiger partial charge in [0, 0.05) is 0 Å². The van der Waals surface area contributed by atoms with Gasteiger partial charge in [-0.15, -0.1) is 0 Å². The van der Waals surface area contributed by atoms with Gasteiger partial charge in [-0.2, -0.15) is 0 Å². The minimum absolute atomic E-state index is 0.233. The number of esters is 1. The highest BCUT2D eigenvalue weighted by Crippen LogP contribution is 2.10. The molecule has 0 rings (SSSR count). The number of rotatable bonds is 3. The number of carbonyl (C=O) groups is 1. The first-order chi connectivity index (χ1) is 5.99. The summed E-state index contributed by atoms with van der Waals surface area (Å²) in [6.45, 7) is 9.97. The van der Waals surface area contributed by atoms with Crippen molar-refractivity contribution in [2.75, 3.05) is 6.61 Å². The molecule has 0 aromatic heterocycles. The summed E-state index contributed by atoms with van der Waals surface area (Å²) >= 11 is 0. The molecule has 0 aromatic rings. The van der Waals surface area contributed by atoms with Crippen LogP contribution in [0.5, 0.6) is 0 Å². The summed E-state index contributed by atoms with van der Waals surface area (Å²) in [7, 11) is 0. The van der Waals surface area contributed by atoms with E-state index in [-0.39, 0.29) is 5.97 Å². The fourth-order valence-corrected chi connectivity index (χ4v) is 0.905. The molecule has 0 aromatic carbocycles. The van der Waals surface area contributed by atoms with Gasteiger partial charge in [0.05, 0.1) is 12.2 Å². The van der Waals surface area contributed by atoms with E-state index >= 15 is 0 Å². The van der Waals surface area contributed by atoms with E-state index in [0.29, 0.717) is 12.2 Å². The molecular formula is C11H18O2. The van der Waals surface area contributed by atoms with Crippen LogP contribution < -0.4 is 0 Å². The summed E-state index contributed by atoms with van der Waals surface area (Å²) in [5.41, 5.74) is 2.76. The first-order valence-electron chi connectivity index (χ1n) is 4.48. The summed E-state index contributed by atoms with van der Waals surface area (Å²) < 4.78 is 4.92. The van der Waals surface area contributed by atoms with E-state index < -0.39 is 0 Å². The van der Waals surface area contributed by atoms with Crippen molar-refractivity contribution in [3.63, 3.8) is 0 Å². The van der Waals surface area contributed by atoms with Crippen LogP contribution in [0.4, 0.5) is 0 Å². The van der Waals surface area contributed by atoms with Crippen molar-refractivity contribution in [2.45, 2.75) is 34.6 Å². The molecule has 0 bridgehead atoms. The zero-order chi connectivity index (χ0) is 10.4. The lowest BCUT2D eigenvalue weighted by Crippen LogP contribution is -2.07. The monoisotopic (exact) mass is 182 g/mol. The average Bonchev–Trinajstić information content (AvgIpc) is 1.99. The van der Waals surface area contributed by atoms with Gasteiger partial charge in [0.2, 0.25) is 0 Å². The van der Waals surface area contributed by atoms with Crippen LogP contribution in [0.25, 0.3) is 0 Å². The van der Waals surface area contributed by atoms with Crippen LogP contribution in [0.3, 0.4) is 0 Å². The van der Waals surface area contributed by atoms with Gasteiger partial charge in [-0.25, -0.2) is 4.79 Å². The van der Waals surface area contributed by atoms with Gasteiger partial charge in [0.1, 0.15) is 0 Å². The van der Waals surface area contributed by atoms with Crippen molar-refractivity contribution in [1.82, 2.24) is 0 Å². The standard InChI is InChI=1S/C11H18O2/c1-6-13-11(12)10(9(4)5)7-8(2)3/h7H,6H2,1-5H3. The molecule has 0 saturated carbocycles. The fourth-order valence-electron chi connectivity index (χ4n) is 0.905. The first-order valence-corrected chi connectivity index (χ1v) is 4.48. The number of allylic oxidation sites excluding steroid dienone is 2. The third-order valence-electron chi connectivity index (χ3n) is 1.47. The lowest BCUT2D eigenvalue weighted by Gasteiger charge is -2.05. The van der Waals surface area contributed by atoms with Gasteiger partial charge in [-0.3, -0.25) is 0 Å². The van der Waals surface area contributed by atoms with Crippen LogP contribution in [0.1, 0.15) is 34.6 Å². The summed E-state index contributed by atoms with van der Waals surface area (Å²) in [6, 6.07) is 0. The molecule has 2 nitrogen and oxygen atoms in total. The number of carbonyl (C=O) groups excluding carboxylic acids is 1. The normalized spacial score (nSPS) is 9.00. The Balaban J connectivity index is 4.76. The quantitative estimate of drug-likeness (QED) is 0.381. The van der Waals surface area contributed by atoms with E-state index in [9.17, 15) is 4.79 Å². The van der Waals surface area contributed by atoms with Crippen molar-refractivity contribution in [1.29, 1.82) is 0 Å². The Morgan fingerprint density at radius 1 is 1.23 bits per heavy atom. The third-order valence-corrected chi connectivity index (χ3v) is 1.47. The molecule has 0 spiro atoms. The second-order valence-corrected chi connectivity index (χ2v) is 3.36. The molecular weight excluding hydrogens is 164 g/mol. The van der Waals surface area contributed by atoms with Gasteiger partial charge >= 0.3 is 5.97 Å². The Kier molecular flexibility index (Phi) is 5.12. The van der Waals surface area contributed by atoms with Crippen LogP contribution in [0.15, 0.2) is 22.8 Å². The molecule has 0 aliphatic carbocycles. The molecule has 0 aliphatic rings. The maximum absolute atomic E-state index is 11.4. The lowest BCUT2D eigenvalue weighted by molar-refractivity contribution is -0.138. The number of hydrogen-bond acceptors (Lipinski definition) is 2. The zero-order valence-corrected chi connectivity index (χ0v) is 9.10. The molecule has 0 amide bonds. The summed E-state index contributed by atoms with van der Waals surface area (Å²) in [5.74, 6) is -0.233. The minimum Gasteiger partial charge on any atom is -0.462 e. The second-order valence-electron chi connectivity index (χ2n) is 3.36. The Hall–Kier alpha value is -1.05. The Bertz CT molecular complexity index is 239. The van der Waals surface area contributed by atoms with Crippen molar-refractivity contribution >= 4 is 5.97 Å². The lowest BCUT2D eigenvalue weighted by atomic mass is 10.1. The summed E-state index contributed by atoms with van der Waals surface area (Å²) in [4.78, 5) is 11.4. The largest absolute Gasteiger partial charge is 0.462 e.